The predicted octanol–water partition coefficient (Wildman–Crippen LogP) is 3.94. The van der Waals surface area contributed by atoms with E-state index in [1.165, 1.54) is 24.3 Å². The van der Waals surface area contributed by atoms with Crippen LogP contribution in [0.3, 0.4) is 0 Å². The van der Waals surface area contributed by atoms with E-state index in [0.29, 0.717) is 42.8 Å². The lowest BCUT2D eigenvalue weighted by molar-refractivity contribution is -0.0393. The quantitative estimate of drug-likeness (QED) is 0.734. The molecule has 1 aliphatic rings. The van der Waals surface area contributed by atoms with Crippen LogP contribution in [0, 0.1) is 11.6 Å². The molecule has 1 fully saturated rings. The lowest BCUT2D eigenvalue weighted by atomic mass is 9.81. The molecule has 1 saturated carbocycles. The zero-order valence-corrected chi connectivity index (χ0v) is 14.6. The number of aliphatic hydroxyl groups excluding tert-OH is 1. The topological polar surface area (TPSA) is 58.3 Å². The van der Waals surface area contributed by atoms with Gasteiger partial charge in [0.15, 0.2) is 0 Å². The highest BCUT2D eigenvalue weighted by Crippen LogP contribution is 2.38. The van der Waals surface area contributed by atoms with Crippen molar-refractivity contribution in [3.63, 3.8) is 0 Å². The van der Waals surface area contributed by atoms with Crippen LogP contribution in [-0.4, -0.2) is 26.1 Å². The van der Waals surface area contributed by atoms with Gasteiger partial charge in [0.25, 0.3) is 0 Å². The van der Waals surface area contributed by atoms with Gasteiger partial charge in [-0.05, 0) is 80.3 Å². The Bertz CT molecular complexity index is 865. The van der Waals surface area contributed by atoms with Crippen molar-refractivity contribution in [1.29, 1.82) is 0 Å². The smallest absolute Gasteiger partial charge is 0.123 e. The molecule has 1 aromatic heterocycles. The molecular weight excluding hydrogens is 350 g/mol. The van der Waals surface area contributed by atoms with Crippen LogP contribution in [0.25, 0.3) is 16.9 Å². The first-order chi connectivity index (χ1) is 12.9. The van der Waals surface area contributed by atoms with Gasteiger partial charge in [-0.2, -0.15) is 5.10 Å². The van der Waals surface area contributed by atoms with E-state index in [0.717, 1.165) is 5.56 Å². The molecule has 0 atom stereocenters. The van der Waals surface area contributed by atoms with Crippen LogP contribution in [0.15, 0.2) is 54.6 Å². The van der Waals surface area contributed by atoms with Crippen LogP contribution < -0.4 is 0 Å². The molecule has 27 heavy (non-hydrogen) atoms. The third-order valence-electron chi connectivity index (χ3n) is 5.18. The Morgan fingerprint density at radius 2 is 1.48 bits per heavy atom. The van der Waals surface area contributed by atoms with Crippen molar-refractivity contribution in [2.45, 2.75) is 37.4 Å². The Balaban J connectivity index is 1.82. The minimum Gasteiger partial charge on any atom is -0.393 e. The van der Waals surface area contributed by atoms with Crippen LogP contribution in [0.4, 0.5) is 8.78 Å². The third-order valence-corrected chi connectivity index (χ3v) is 5.18. The van der Waals surface area contributed by atoms with Crippen LogP contribution in [0.1, 0.15) is 31.4 Å². The number of aliphatic hydroxyl groups is 2. The lowest BCUT2D eigenvalue weighted by Crippen LogP contribution is -2.33. The van der Waals surface area contributed by atoms with E-state index in [2.05, 4.69) is 5.10 Å². The van der Waals surface area contributed by atoms with Crippen molar-refractivity contribution in [2.24, 2.45) is 0 Å². The first kappa shape index (κ1) is 17.8. The third kappa shape index (κ3) is 3.50. The Morgan fingerprint density at radius 1 is 0.926 bits per heavy atom. The van der Waals surface area contributed by atoms with Crippen molar-refractivity contribution >= 4 is 0 Å². The van der Waals surface area contributed by atoms with Crippen LogP contribution in [-0.2, 0) is 5.60 Å². The molecule has 2 aromatic carbocycles. The minimum absolute atomic E-state index is 0.341. The van der Waals surface area contributed by atoms with E-state index in [4.69, 9.17) is 0 Å². The SMILES string of the molecule is OC1CCC(O)(c2cc(-c3ccc(F)cc3)n(-c3ccc(F)cc3)n2)CC1. The van der Waals surface area contributed by atoms with Crippen molar-refractivity contribution in [3.8, 4) is 16.9 Å². The standard InChI is InChI=1S/C21H20F2N2O2/c22-15-3-1-14(2-4-15)19-13-20(21(27)11-9-18(26)10-12-21)24-25(19)17-7-5-16(23)6-8-17/h1-8,13,18,26-27H,9-12H2. The van der Waals surface area contributed by atoms with E-state index in [1.807, 2.05) is 0 Å². The Hall–Kier alpha value is -2.57. The Kier molecular flexibility index (Phi) is 4.53. The molecular formula is C21H20F2N2O2. The summed E-state index contributed by atoms with van der Waals surface area (Å²) < 4.78 is 28.3. The van der Waals surface area contributed by atoms with Gasteiger partial charge in [-0.25, -0.2) is 13.5 Å². The maximum absolute atomic E-state index is 13.3. The minimum atomic E-state index is -1.13. The zero-order valence-electron chi connectivity index (χ0n) is 14.6. The maximum atomic E-state index is 13.3. The summed E-state index contributed by atoms with van der Waals surface area (Å²) in [5.41, 5.74) is 1.42. The van der Waals surface area contributed by atoms with E-state index < -0.39 is 11.7 Å². The van der Waals surface area contributed by atoms with Gasteiger partial charge in [-0.3, -0.25) is 0 Å². The fourth-order valence-corrected chi connectivity index (χ4v) is 3.55. The van der Waals surface area contributed by atoms with Gasteiger partial charge in [-0.1, -0.05) is 0 Å². The molecule has 0 spiro atoms. The second-order valence-corrected chi connectivity index (χ2v) is 7.07. The summed E-state index contributed by atoms with van der Waals surface area (Å²) in [5.74, 6) is -0.693. The average Bonchev–Trinajstić information content (AvgIpc) is 3.12. The molecule has 0 saturated heterocycles. The van der Waals surface area contributed by atoms with Crippen LogP contribution in [0.5, 0.6) is 0 Å². The van der Waals surface area contributed by atoms with Gasteiger partial charge in [-0.15, -0.1) is 0 Å². The summed E-state index contributed by atoms with van der Waals surface area (Å²) >= 11 is 0. The summed E-state index contributed by atoms with van der Waals surface area (Å²) in [7, 11) is 0. The van der Waals surface area contributed by atoms with E-state index in [-0.39, 0.29) is 11.6 Å². The number of aromatic nitrogens is 2. The summed E-state index contributed by atoms with van der Waals surface area (Å²) in [4.78, 5) is 0. The van der Waals surface area contributed by atoms with Crippen molar-refractivity contribution in [2.75, 3.05) is 0 Å². The monoisotopic (exact) mass is 370 g/mol. The average molecular weight is 370 g/mol. The van der Waals surface area contributed by atoms with E-state index in [9.17, 15) is 19.0 Å². The molecule has 3 aromatic rings. The van der Waals surface area contributed by atoms with E-state index in [1.54, 1.807) is 35.0 Å². The zero-order chi connectivity index (χ0) is 19.0. The first-order valence-corrected chi connectivity index (χ1v) is 8.97. The molecule has 4 nitrogen and oxygen atoms in total. The summed E-state index contributed by atoms with van der Waals surface area (Å²) in [5, 5.41) is 25.4. The highest BCUT2D eigenvalue weighted by molar-refractivity contribution is 5.63. The second-order valence-electron chi connectivity index (χ2n) is 7.07. The Labute approximate surface area is 155 Å². The molecule has 4 rings (SSSR count). The Morgan fingerprint density at radius 3 is 2.07 bits per heavy atom. The normalized spacial score (nSPS) is 22.7. The molecule has 0 bridgehead atoms. The predicted molar refractivity (Wildman–Crippen MR) is 97.3 cm³/mol. The molecule has 6 heteroatoms. The number of benzene rings is 2. The molecule has 1 aliphatic carbocycles. The van der Waals surface area contributed by atoms with Crippen molar-refractivity contribution < 1.29 is 19.0 Å². The highest BCUT2D eigenvalue weighted by atomic mass is 19.1. The van der Waals surface area contributed by atoms with Gasteiger partial charge >= 0.3 is 0 Å². The largest absolute Gasteiger partial charge is 0.393 e. The van der Waals surface area contributed by atoms with Crippen molar-refractivity contribution in [1.82, 2.24) is 9.78 Å². The van der Waals surface area contributed by atoms with Gasteiger partial charge < -0.3 is 10.2 Å². The lowest BCUT2D eigenvalue weighted by Gasteiger charge is -2.32. The fraction of sp³-hybridized carbons (Fsp3) is 0.286. The number of nitrogens with zero attached hydrogens (tertiary/aromatic N) is 2. The van der Waals surface area contributed by atoms with Crippen LogP contribution in [0.2, 0.25) is 0 Å². The second kappa shape index (κ2) is 6.87. The molecule has 0 aliphatic heterocycles. The number of hydrogen-bond acceptors (Lipinski definition) is 3. The van der Waals surface area contributed by atoms with Crippen molar-refractivity contribution in [3.05, 3.63) is 71.9 Å². The number of halogens is 2. The molecule has 2 N–H and O–H groups in total. The fourth-order valence-electron chi connectivity index (χ4n) is 3.55. The molecule has 0 unspecified atom stereocenters. The highest BCUT2D eigenvalue weighted by Gasteiger charge is 2.37. The maximum Gasteiger partial charge on any atom is 0.123 e. The summed E-state index contributed by atoms with van der Waals surface area (Å²) in [6, 6.07) is 13.7. The van der Waals surface area contributed by atoms with Gasteiger partial charge in [0.2, 0.25) is 0 Å². The molecule has 140 valence electrons. The van der Waals surface area contributed by atoms with Gasteiger partial charge in [0.1, 0.15) is 17.2 Å². The summed E-state index contributed by atoms with van der Waals surface area (Å²) in [6.07, 6.45) is 1.44. The number of rotatable bonds is 3. The molecule has 0 radical (unpaired) electrons. The van der Waals surface area contributed by atoms with Gasteiger partial charge in [0.05, 0.1) is 23.2 Å². The van der Waals surface area contributed by atoms with Crippen LogP contribution >= 0.6 is 0 Å². The number of hydrogen-bond donors (Lipinski definition) is 2. The summed E-state index contributed by atoms with van der Waals surface area (Å²) in [6.45, 7) is 0. The van der Waals surface area contributed by atoms with E-state index >= 15 is 0 Å². The van der Waals surface area contributed by atoms with Gasteiger partial charge in [0, 0.05) is 5.56 Å². The molecule has 1 heterocycles. The first-order valence-electron chi connectivity index (χ1n) is 8.97. The molecule has 0 amide bonds.